The van der Waals surface area contributed by atoms with Crippen molar-refractivity contribution in [3.8, 4) is 6.07 Å². The van der Waals surface area contributed by atoms with Crippen LogP contribution in [0.1, 0.15) is 19.4 Å². The molecule has 0 radical (unpaired) electrons. The highest BCUT2D eigenvalue weighted by Crippen LogP contribution is 2.25. The molecule has 2 amide bonds. The topological polar surface area (TPSA) is 138 Å². The summed E-state index contributed by atoms with van der Waals surface area (Å²) in [5, 5.41) is 18.2. The highest BCUT2D eigenvalue weighted by atomic mass is 35.5. The molecule has 10 nitrogen and oxygen atoms in total. The fourth-order valence-electron chi connectivity index (χ4n) is 4.47. The van der Waals surface area contributed by atoms with Crippen molar-refractivity contribution in [1.82, 2.24) is 14.5 Å². The van der Waals surface area contributed by atoms with Crippen LogP contribution in [0.5, 0.6) is 0 Å². The maximum atomic E-state index is 13.1. The number of hydrogen-bond donors (Lipinski definition) is 3. The summed E-state index contributed by atoms with van der Waals surface area (Å²) >= 11 is 6.05. The van der Waals surface area contributed by atoms with Crippen LogP contribution < -0.4 is 27.2 Å². The van der Waals surface area contributed by atoms with Crippen LogP contribution in [0.15, 0.2) is 46.0 Å². The molecule has 0 unspecified atom stereocenters. The average Bonchev–Trinajstić information content (AvgIpc) is 3.36. The largest absolute Gasteiger partial charge is 0.331 e. The van der Waals surface area contributed by atoms with Gasteiger partial charge < -0.3 is 16.0 Å². The molecular formula is C25H26Cl2N6O4. The summed E-state index contributed by atoms with van der Waals surface area (Å²) in [4.78, 5) is 51.5. The van der Waals surface area contributed by atoms with Gasteiger partial charge in [-0.25, -0.2) is 4.79 Å². The minimum Gasteiger partial charge on any atom is -0.326 e. The van der Waals surface area contributed by atoms with Crippen molar-refractivity contribution in [2.75, 3.05) is 23.7 Å². The molecule has 2 atom stereocenters. The van der Waals surface area contributed by atoms with Crippen molar-refractivity contribution in [2.24, 2.45) is 11.8 Å². The molecule has 4 rings (SSSR count). The zero-order valence-corrected chi connectivity index (χ0v) is 21.8. The van der Waals surface area contributed by atoms with Crippen molar-refractivity contribution in [1.29, 1.82) is 5.26 Å². The van der Waals surface area contributed by atoms with E-state index in [0.29, 0.717) is 47.5 Å². The molecule has 194 valence electrons. The standard InChI is InChI=1S/C25H25ClN6O4.ClH/c1-3-31-21-8-7-15(9-17(21)24(35)32(4-2)25(31)36)29-22(33)18-12-28-13-19(18)23(34)30-16-6-5-14(11-27)20(26)10-16;/h5-10,18-19,28H,3-4,12-13H2,1-2H3,(H,29,33)(H,30,34);1H/t18-,19-;/m0./s1. The van der Waals surface area contributed by atoms with Crippen molar-refractivity contribution in [3.05, 3.63) is 67.8 Å². The smallest absolute Gasteiger partial charge is 0.326 e. The van der Waals surface area contributed by atoms with Crippen LogP contribution in [-0.2, 0) is 22.7 Å². The lowest BCUT2D eigenvalue weighted by atomic mass is 9.94. The molecule has 0 saturated carbocycles. The lowest BCUT2D eigenvalue weighted by Crippen LogP contribution is -2.39. The molecule has 1 fully saturated rings. The summed E-state index contributed by atoms with van der Waals surface area (Å²) in [7, 11) is 0. The minimum absolute atomic E-state index is 0. The predicted molar refractivity (Wildman–Crippen MR) is 144 cm³/mol. The van der Waals surface area contributed by atoms with Crippen molar-refractivity contribution in [2.45, 2.75) is 26.9 Å². The molecule has 1 saturated heterocycles. The molecule has 0 spiro atoms. The third-order valence-electron chi connectivity index (χ3n) is 6.37. The van der Waals surface area contributed by atoms with Gasteiger partial charge in [-0.2, -0.15) is 5.26 Å². The van der Waals surface area contributed by atoms with Gasteiger partial charge in [-0.3, -0.25) is 23.5 Å². The number of nitrogens with zero attached hydrogens (tertiary/aromatic N) is 3. The van der Waals surface area contributed by atoms with Crippen LogP contribution in [0.25, 0.3) is 10.9 Å². The summed E-state index contributed by atoms with van der Waals surface area (Å²) in [5.41, 5.74) is 0.836. The molecule has 1 aliphatic heterocycles. The van der Waals surface area contributed by atoms with E-state index in [4.69, 9.17) is 16.9 Å². The Kier molecular flexibility index (Phi) is 8.76. The SMILES string of the molecule is CCn1c(=O)c2cc(NC(=O)[C@H]3CNC[C@@H]3C(=O)Nc3ccc(C#N)c(Cl)c3)ccc2n(CC)c1=O.Cl. The van der Waals surface area contributed by atoms with E-state index in [-0.39, 0.29) is 41.5 Å². The summed E-state index contributed by atoms with van der Waals surface area (Å²) in [6.45, 7) is 4.81. The maximum absolute atomic E-state index is 13.1. The molecule has 2 heterocycles. The number of nitrogens with one attached hydrogen (secondary N) is 3. The Morgan fingerprint density at radius 1 is 1.00 bits per heavy atom. The van der Waals surface area contributed by atoms with E-state index in [9.17, 15) is 19.2 Å². The quantitative estimate of drug-likeness (QED) is 0.436. The van der Waals surface area contributed by atoms with Gasteiger partial charge in [0, 0.05) is 37.6 Å². The summed E-state index contributed by atoms with van der Waals surface area (Å²) in [5.74, 6) is -2.00. The van der Waals surface area contributed by atoms with E-state index in [2.05, 4.69) is 16.0 Å². The number of fused-ring (bicyclic) bond motifs is 1. The van der Waals surface area contributed by atoms with Crippen LogP contribution in [0.3, 0.4) is 0 Å². The van der Waals surface area contributed by atoms with Crippen molar-refractivity contribution in [3.63, 3.8) is 0 Å². The van der Waals surface area contributed by atoms with Crippen molar-refractivity contribution < 1.29 is 9.59 Å². The Morgan fingerprint density at radius 3 is 2.11 bits per heavy atom. The second kappa shape index (κ2) is 11.6. The zero-order valence-electron chi connectivity index (χ0n) is 20.2. The number of aromatic nitrogens is 2. The number of nitriles is 1. The monoisotopic (exact) mass is 544 g/mol. The number of carbonyl (C=O) groups is 2. The van der Waals surface area contributed by atoms with Gasteiger partial charge in [-0.05, 0) is 50.2 Å². The molecule has 3 N–H and O–H groups in total. The van der Waals surface area contributed by atoms with E-state index in [1.165, 1.54) is 16.7 Å². The van der Waals surface area contributed by atoms with Gasteiger partial charge in [0.1, 0.15) is 6.07 Å². The van der Waals surface area contributed by atoms with Crippen LogP contribution in [-0.4, -0.2) is 34.0 Å². The van der Waals surface area contributed by atoms with Gasteiger partial charge in [0.15, 0.2) is 0 Å². The van der Waals surface area contributed by atoms with Crippen LogP contribution in [0.2, 0.25) is 5.02 Å². The molecule has 1 aromatic heterocycles. The predicted octanol–water partition coefficient (Wildman–Crippen LogP) is 2.56. The normalized spacial score (nSPS) is 16.6. The van der Waals surface area contributed by atoms with Crippen molar-refractivity contribution >= 4 is 58.1 Å². The highest BCUT2D eigenvalue weighted by molar-refractivity contribution is 6.32. The second-order valence-corrected chi connectivity index (χ2v) is 8.87. The van der Waals surface area contributed by atoms with Gasteiger partial charge >= 0.3 is 5.69 Å². The molecule has 2 aromatic carbocycles. The Bertz CT molecular complexity index is 1520. The molecule has 0 bridgehead atoms. The fraction of sp³-hybridized carbons (Fsp3) is 0.320. The summed E-state index contributed by atoms with van der Waals surface area (Å²) in [6, 6.07) is 11.4. The molecular weight excluding hydrogens is 519 g/mol. The second-order valence-electron chi connectivity index (χ2n) is 8.46. The van der Waals surface area contributed by atoms with E-state index in [1.54, 1.807) is 31.2 Å². The Morgan fingerprint density at radius 2 is 1.57 bits per heavy atom. The molecule has 12 heteroatoms. The summed E-state index contributed by atoms with van der Waals surface area (Å²) in [6.07, 6.45) is 0. The number of rotatable bonds is 6. The molecule has 0 aliphatic carbocycles. The van der Waals surface area contributed by atoms with Gasteiger partial charge in [0.25, 0.3) is 5.56 Å². The number of carbonyl (C=O) groups excluding carboxylic acids is 2. The zero-order chi connectivity index (χ0) is 26.0. The van der Waals surface area contributed by atoms with Gasteiger partial charge in [0.2, 0.25) is 11.8 Å². The Labute approximate surface area is 223 Å². The third kappa shape index (κ3) is 5.39. The maximum Gasteiger partial charge on any atom is 0.331 e. The molecule has 3 aromatic rings. The number of benzene rings is 2. The number of amides is 2. The van der Waals surface area contributed by atoms with E-state index < -0.39 is 17.4 Å². The lowest BCUT2D eigenvalue weighted by Gasteiger charge is -2.18. The first kappa shape index (κ1) is 27.9. The molecule has 1 aliphatic rings. The first-order valence-electron chi connectivity index (χ1n) is 11.6. The van der Waals surface area contributed by atoms with Gasteiger partial charge in [-0.1, -0.05) is 11.6 Å². The first-order valence-corrected chi connectivity index (χ1v) is 12.0. The highest BCUT2D eigenvalue weighted by Gasteiger charge is 2.38. The number of anilines is 2. The van der Waals surface area contributed by atoms with Crippen LogP contribution >= 0.6 is 24.0 Å². The lowest BCUT2D eigenvalue weighted by molar-refractivity contribution is -0.127. The number of halogens is 2. The first-order chi connectivity index (χ1) is 17.3. The van der Waals surface area contributed by atoms with E-state index in [0.717, 1.165) is 4.57 Å². The Balaban J connectivity index is 0.00000380. The molecule has 37 heavy (non-hydrogen) atoms. The number of hydrogen-bond acceptors (Lipinski definition) is 6. The van der Waals surface area contributed by atoms with Crippen LogP contribution in [0.4, 0.5) is 11.4 Å². The van der Waals surface area contributed by atoms with Crippen LogP contribution in [0, 0.1) is 23.2 Å². The Hall–Kier alpha value is -3.65. The number of aryl methyl sites for hydroxylation is 1. The van der Waals surface area contributed by atoms with E-state index >= 15 is 0 Å². The summed E-state index contributed by atoms with van der Waals surface area (Å²) < 4.78 is 2.68. The van der Waals surface area contributed by atoms with Gasteiger partial charge in [-0.15, -0.1) is 12.4 Å². The third-order valence-corrected chi connectivity index (χ3v) is 6.68. The fourth-order valence-corrected chi connectivity index (χ4v) is 4.69. The minimum atomic E-state index is -0.647. The van der Waals surface area contributed by atoms with Gasteiger partial charge in [0.05, 0.1) is 33.3 Å². The van der Waals surface area contributed by atoms with E-state index in [1.807, 2.05) is 13.0 Å². The average molecular weight is 545 g/mol.